The minimum atomic E-state index is -0.170. The van der Waals surface area contributed by atoms with Crippen LogP contribution in [0.2, 0.25) is 0 Å². The van der Waals surface area contributed by atoms with Crippen LogP contribution in [0.15, 0.2) is 46.9 Å². The summed E-state index contributed by atoms with van der Waals surface area (Å²) in [6, 6.07) is 10.3. The summed E-state index contributed by atoms with van der Waals surface area (Å²) < 4.78 is 11.2. The Hall–Kier alpha value is -2.27. The van der Waals surface area contributed by atoms with Gasteiger partial charge in [0.05, 0.1) is 19.3 Å². The van der Waals surface area contributed by atoms with Crippen LogP contribution in [-0.2, 0) is 0 Å². The highest BCUT2D eigenvalue weighted by Gasteiger charge is 2.10. The van der Waals surface area contributed by atoms with Crippen LogP contribution in [0.1, 0.15) is 22.8 Å². The smallest absolute Gasteiger partial charge is 0.189 e. The predicted molar refractivity (Wildman–Crippen MR) is 93.3 cm³/mol. The molecular formula is C18H17BrO4. The first-order valence-corrected chi connectivity index (χ1v) is 7.86. The number of halogens is 1. The van der Waals surface area contributed by atoms with Crippen LogP contribution in [0.25, 0.3) is 6.08 Å². The van der Waals surface area contributed by atoms with Gasteiger partial charge in [-0.1, -0.05) is 28.1 Å². The zero-order valence-electron chi connectivity index (χ0n) is 12.9. The van der Waals surface area contributed by atoms with Crippen molar-refractivity contribution in [1.82, 2.24) is 0 Å². The van der Waals surface area contributed by atoms with Crippen LogP contribution in [0.4, 0.5) is 0 Å². The van der Waals surface area contributed by atoms with E-state index in [1.165, 1.54) is 19.3 Å². The molecule has 23 heavy (non-hydrogen) atoms. The molecule has 0 saturated heterocycles. The van der Waals surface area contributed by atoms with Crippen molar-refractivity contribution in [1.29, 1.82) is 0 Å². The fourth-order valence-corrected chi connectivity index (χ4v) is 2.51. The van der Waals surface area contributed by atoms with Crippen LogP contribution in [0, 0.1) is 0 Å². The first kappa shape index (κ1) is 17.1. The van der Waals surface area contributed by atoms with E-state index in [2.05, 4.69) is 15.9 Å². The van der Waals surface area contributed by atoms with Gasteiger partial charge in [0.15, 0.2) is 17.3 Å². The molecule has 0 aliphatic heterocycles. The molecule has 0 unspecified atom stereocenters. The topological polar surface area (TPSA) is 55.8 Å². The summed E-state index contributed by atoms with van der Waals surface area (Å²) in [7, 11) is 1.48. The molecule has 1 N–H and O–H groups in total. The number of ketones is 1. The van der Waals surface area contributed by atoms with Crippen molar-refractivity contribution < 1.29 is 19.4 Å². The zero-order valence-corrected chi connectivity index (χ0v) is 14.5. The van der Waals surface area contributed by atoms with E-state index in [4.69, 9.17) is 9.47 Å². The monoisotopic (exact) mass is 376 g/mol. The van der Waals surface area contributed by atoms with Crippen LogP contribution in [0.5, 0.6) is 17.2 Å². The Balaban J connectivity index is 2.27. The molecule has 2 aromatic carbocycles. The number of benzene rings is 2. The van der Waals surface area contributed by atoms with E-state index in [1.807, 2.05) is 13.0 Å². The molecule has 0 aromatic heterocycles. The standard InChI is InChI=1S/C18H17BrO4/c1-3-23-17-7-5-4-6-13(17)15(20)9-8-12-10-16(21)18(22-2)11-14(12)19/h4-11,21H,3H2,1-2H3/b9-8+. The van der Waals surface area contributed by atoms with Gasteiger partial charge in [-0.3, -0.25) is 4.79 Å². The second-order valence-electron chi connectivity index (χ2n) is 4.67. The molecule has 0 spiro atoms. The molecule has 120 valence electrons. The van der Waals surface area contributed by atoms with Crippen molar-refractivity contribution in [2.45, 2.75) is 6.92 Å². The van der Waals surface area contributed by atoms with Gasteiger partial charge in [-0.25, -0.2) is 0 Å². The summed E-state index contributed by atoms with van der Waals surface area (Å²) in [5, 5.41) is 9.83. The maximum atomic E-state index is 12.4. The van der Waals surface area contributed by atoms with Gasteiger partial charge in [0.2, 0.25) is 0 Å². The maximum Gasteiger partial charge on any atom is 0.189 e. The fraction of sp³-hybridized carbons (Fsp3) is 0.167. The SMILES string of the molecule is CCOc1ccccc1C(=O)/C=C/c1cc(O)c(OC)cc1Br. The molecule has 0 aliphatic carbocycles. The molecule has 5 heteroatoms. The Labute approximate surface area is 143 Å². The summed E-state index contributed by atoms with van der Waals surface area (Å²) in [5.74, 6) is 0.761. The zero-order chi connectivity index (χ0) is 16.8. The molecule has 2 rings (SSSR count). The molecule has 0 amide bonds. The third kappa shape index (κ3) is 4.13. The van der Waals surface area contributed by atoms with E-state index in [-0.39, 0.29) is 11.5 Å². The molecule has 0 bridgehead atoms. The summed E-state index contributed by atoms with van der Waals surface area (Å²) in [4.78, 5) is 12.4. The first-order chi connectivity index (χ1) is 11.1. The van der Waals surface area contributed by atoms with E-state index in [9.17, 15) is 9.90 Å². The second-order valence-corrected chi connectivity index (χ2v) is 5.53. The number of rotatable bonds is 6. The molecule has 0 aliphatic rings. The van der Waals surface area contributed by atoms with Gasteiger partial charge in [0.1, 0.15) is 5.75 Å². The highest BCUT2D eigenvalue weighted by Crippen LogP contribution is 2.33. The van der Waals surface area contributed by atoms with Crippen LogP contribution in [0.3, 0.4) is 0 Å². The van der Waals surface area contributed by atoms with Gasteiger partial charge in [0.25, 0.3) is 0 Å². The summed E-state index contributed by atoms with van der Waals surface area (Å²) in [6.07, 6.45) is 3.08. The number of carbonyl (C=O) groups is 1. The third-order valence-corrected chi connectivity index (χ3v) is 3.85. The van der Waals surface area contributed by atoms with Crippen LogP contribution in [-0.4, -0.2) is 24.6 Å². The van der Waals surface area contributed by atoms with Crippen molar-refractivity contribution >= 4 is 27.8 Å². The van der Waals surface area contributed by atoms with Crippen molar-refractivity contribution in [3.8, 4) is 17.2 Å². The number of ether oxygens (including phenoxy) is 2. The third-order valence-electron chi connectivity index (χ3n) is 3.16. The molecule has 0 heterocycles. The number of phenolic OH excluding ortho intramolecular Hbond substituents is 1. The molecule has 0 atom stereocenters. The largest absolute Gasteiger partial charge is 0.504 e. The fourth-order valence-electron chi connectivity index (χ4n) is 2.06. The molecule has 0 radical (unpaired) electrons. The Morgan fingerprint density at radius 1 is 1.26 bits per heavy atom. The Kier molecular flexibility index (Phi) is 5.82. The van der Waals surface area contributed by atoms with E-state index >= 15 is 0 Å². The van der Waals surface area contributed by atoms with Crippen molar-refractivity contribution in [2.75, 3.05) is 13.7 Å². The molecule has 0 fully saturated rings. The van der Waals surface area contributed by atoms with Gasteiger partial charge in [-0.05, 0) is 48.9 Å². The highest BCUT2D eigenvalue weighted by atomic mass is 79.9. The van der Waals surface area contributed by atoms with Crippen LogP contribution < -0.4 is 9.47 Å². The second kappa shape index (κ2) is 7.83. The molecular weight excluding hydrogens is 360 g/mol. The number of allylic oxidation sites excluding steroid dienone is 1. The average molecular weight is 377 g/mol. The lowest BCUT2D eigenvalue weighted by Crippen LogP contribution is -2.01. The maximum absolute atomic E-state index is 12.4. The van der Waals surface area contributed by atoms with Gasteiger partial charge >= 0.3 is 0 Å². The number of para-hydroxylation sites is 1. The van der Waals surface area contributed by atoms with Crippen molar-refractivity contribution in [2.24, 2.45) is 0 Å². The quantitative estimate of drug-likeness (QED) is 0.597. The minimum absolute atomic E-state index is 0.0116. The number of aromatic hydroxyl groups is 1. The molecule has 4 nitrogen and oxygen atoms in total. The Morgan fingerprint density at radius 3 is 2.70 bits per heavy atom. The van der Waals surface area contributed by atoms with E-state index in [0.717, 1.165) is 0 Å². The lowest BCUT2D eigenvalue weighted by Gasteiger charge is -2.08. The lowest BCUT2D eigenvalue weighted by molar-refractivity contribution is 0.104. The number of carbonyl (C=O) groups excluding carboxylic acids is 1. The molecule has 2 aromatic rings. The molecule has 0 saturated carbocycles. The predicted octanol–water partition coefficient (Wildman–Crippen LogP) is 4.46. The van der Waals surface area contributed by atoms with E-state index < -0.39 is 0 Å². The summed E-state index contributed by atoms with van der Waals surface area (Å²) >= 11 is 3.39. The normalized spacial score (nSPS) is 10.7. The summed E-state index contributed by atoms with van der Waals surface area (Å²) in [5.41, 5.74) is 1.17. The highest BCUT2D eigenvalue weighted by molar-refractivity contribution is 9.10. The number of hydrogen-bond acceptors (Lipinski definition) is 4. The lowest BCUT2D eigenvalue weighted by atomic mass is 10.1. The van der Waals surface area contributed by atoms with Crippen LogP contribution >= 0.6 is 15.9 Å². The Bertz CT molecular complexity index is 738. The van der Waals surface area contributed by atoms with Gasteiger partial charge in [0, 0.05) is 4.47 Å². The Morgan fingerprint density at radius 2 is 2.00 bits per heavy atom. The van der Waals surface area contributed by atoms with Gasteiger partial charge in [-0.2, -0.15) is 0 Å². The summed E-state index contributed by atoms with van der Waals surface area (Å²) in [6.45, 7) is 2.36. The van der Waals surface area contributed by atoms with E-state index in [1.54, 1.807) is 30.3 Å². The number of hydrogen-bond donors (Lipinski definition) is 1. The van der Waals surface area contributed by atoms with Crippen molar-refractivity contribution in [3.63, 3.8) is 0 Å². The van der Waals surface area contributed by atoms with Gasteiger partial charge < -0.3 is 14.6 Å². The number of methoxy groups -OCH3 is 1. The van der Waals surface area contributed by atoms with Crippen molar-refractivity contribution in [3.05, 3.63) is 58.1 Å². The van der Waals surface area contributed by atoms with E-state index in [0.29, 0.717) is 33.7 Å². The average Bonchev–Trinajstić information content (AvgIpc) is 2.55. The van der Waals surface area contributed by atoms with Gasteiger partial charge in [-0.15, -0.1) is 0 Å². The first-order valence-electron chi connectivity index (χ1n) is 7.07. The minimum Gasteiger partial charge on any atom is -0.504 e. The number of phenols is 1.